The summed E-state index contributed by atoms with van der Waals surface area (Å²) in [7, 11) is 0. The van der Waals surface area contributed by atoms with Crippen LogP contribution in [0.2, 0.25) is 5.02 Å². The predicted molar refractivity (Wildman–Crippen MR) is 85.3 cm³/mol. The van der Waals surface area contributed by atoms with E-state index >= 15 is 0 Å². The summed E-state index contributed by atoms with van der Waals surface area (Å²) < 4.78 is 0. The highest BCUT2D eigenvalue weighted by molar-refractivity contribution is 6.33. The number of halogens is 1. The predicted octanol–water partition coefficient (Wildman–Crippen LogP) is 4.81. The van der Waals surface area contributed by atoms with E-state index < -0.39 is 0 Å². The van der Waals surface area contributed by atoms with Gasteiger partial charge < -0.3 is 5.32 Å². The lowest BCUT2D eigenvalue weighted by molar-refractivity contribution is 1.16. The van der Waals surface area contributed by atoms with Gasteiger partial charge >= 0.3 is 0 Å². The van der Waals surface area contributed by atoms with Crippen molar-refractivity contribution >= 4 is 28.1 Å². The Kier molecular flexibility index (Phi) is 3.57. The van der Waals surface area contributed by atoms with E-state index in [-0.39, 0.29) is 0 Å². The first-order valence-corrected chi connectivity index (χ1v) is 6.93. The molecule has 3 heteroatoms. The Morgan fingerprint density at radius 2 is 2.05 bits per heavy atom. The van der Waals surface area contributed by atoms with Crippen molar-refractivity contribution in [2.45, 2.75) is 13.5 Å². The number of aromatic nitrogens is 1. The van der Waals surface area contributed by atoms with Crippen LogP contribution >= 0.6 is 11.6 Å². The molecule has 0 amide bonds. The Labute approximate surface area is 123 Å². The van der Waals surface area contributed by atoms with Crippen LogP contribution in [0.5, 0.6) is 0 Å². The maximum Gasteiger partial charge on any atom is 0.0637 e. The Morgan fingerprint density at radius 1 is 1.15 bits per heavy atom. The first-order valence-electron chi connectivity index (χ1n) is 6.56. The number of pyridine rings is 1. The number of anilines is 1. The van der Waals surface area contributed by atoms with Gasteiger partial charge in [0.25, 0.3) is 0 Å². The molecule has 1 heterocycles. The van der Waals surface area contributed by atoms with E-state index in [9.17, 15) is 0 Å². The molecule has 2 aromatic carbocycles. The molecule has 20 heavy (non-hydrogen) atoms. The molecule has 0 aliphatic rings. The summed E-state index contributed by atoms with van der Waals surface area (Å²) in [5.74, 6) is 0. The fourth-order valence-corrected chi connectivity index (χ4v) is 2.49. The number of benzene rings is 2. The van der Waals surface area contributed by atoms with Gasteiger partial charge in [0.1, 0.15) is 0 Å². The highest BCUT2D eigenvalue weighted by Crippen LogP contribution is 2.24. The number of hydrogen-bond acceptors (Lipinski definition) is 2. The quantitative estimate of drug-likeness (QED) is 0.746. The molecule has 0 unspecified atom stereocenters. The van der Waals surface area contributed by atoms with Gasteiger partial charge in [-0.3, -0.25) is 4.98 Å². The fourth-order valence-electron chi connectivity index (χ4n) is 2.31. The van der Waals surface area contributed by atoms with Crippen LogP contribution in [0.4, 0.5) is 5.69 Å². The number of aryl methyl sites for hydroxylation is 1. The van der Waals surface area contributed by atoms with Gasteiger partial charge in [-0.2, -0.15) is 0 Å². The summed E-state index contributed by atoms with van der Waals surface area (Å²) in [5, 5.41) is 6.53. The molecular formula is C17H15ClN2. The lowest BCUT2D eigenvalue weighted by Crippen LogP contribution is -2.01. The first kappa shape index (κ1) is 12.9. The fraction of sp³-hybridized carbons (Fsp3) is 0.118. The molecule has 3 rings (SSSR count). The molecule has 0 aliphatic heterocycles. The molecule has 1 N–H and O–H groups in total. The second kappa shape index (κ2) is 5.51. The summed E-state index contributed by atoms with van der Waals surface area (Å²) in [6.45, 7) is 2.80. The van der Waals surface area contributed by atoms with Crippen molar-refractivity contribution < 1.29 is 0 Å². The summed E-state index contributed by atoms with van der Waals surface area (Å²) in [5.41, 5.74) is 3.40. The molecule has 3 aromatic rings. The molecule has 0 aliphatic carbocycles. The summed E-state index contributed by atoms with van der Waals surface area (Å²) in [6.07, 6.45) is 3.71. The molecule has 0 bridgehead atoms. The minimum Gasteiger partial charge on any atom is -0.380 e. The normalized spacial score (nSPS) is 10.7. The summed E-state index contributed by atoms with van der Waals surface area (Å²) in [4.78, 5) is 4.16. The van der Waals surface area contributed by atoms with E-state index in [1.54, 1.807) is 0 Å². The second-order valence-corrected chi connectivity index (χ2v) is 5.26. The van der Waals surface area contributed by atoms with Crippen molar-refractivity contribution in [2.24, 2.45) is 0 Å². The van der Waals surface area contributed by atoms with E-state index in [0.717, 1.165) is 22.6 Å². The largest absolute Gasteiger partial charge is 0.380 e. The minimum absolute atomic E-state index is 0.741. The topological polar surface area (TPSA) is 24.9 Å². The molecule has 0 spiro atoms. The lowest BCUT2D eigenvalue weighted by Gasteiger charge is -2.11. The number of fused-ring (bicyclic) bond motifs is 1. The van der Waals surface area contributed by atoms with Crippen molar-refractivity contribution in [1.82, 2.24) is 4.98 Å². The highest BCUT2D eigenvalue weighted by Gasteiger charge is 2.03. The Balaban J connectivity index is 1.89. The maximum absolute atomic E-state index is 6.21. The van der Waals surface area contributed by atoms with Gasteiger partial charge in [0.15, 0.2) is 0 Å². The van der Waals surface area contributed by atoms with Crippen molar-refractivity contribution in [3.8, 4) is 0 Å². The van der Waals surface area contributed by atoms with Gasteiger partial charge in [0.2, 0.25) is 0 Å². The molecule has 0 saturated heterocycles. The Hall–Kier alpha value is -2.06. The zero-order valence-electron chi connectivity index (χ0n) is 11.2. The molecule has 0 atom stereocenters. The molecule has 2 nitrogen and oxygen atoms in total. The summed E-state index contributed by atoms with van der Waals surface area (Å²) >= 11 is 6.21. The van der Waals surface area contributed by atoms with Gasteiger partial charge in [0.05, 0.1) is 10.7 Å². The average Bonchev–Trinajstić information content (AvgIpc) is 2.48. The van der Waals surface area contributed by atoms with Crippen LogP contribution in [0.3, 0.4) is 0 Å². The monoisotopic (exact) mass is 282 g/mol. The first-order chi connectivity index (χ1) is 9.74. The number of nitrogens with one attached hydrogen (secondary N) is 1. The third kappa shape index (κ3) is 2.61. The number of nitrogens with zero attached hydrogens (tertiary/aromatic N) is 1. The third-order valence-corrected chi connectivity index (χ3v) is 3.69. The van der Waals surface area contributed by atoms with Crippen LogP contribution in [0.25, 0.3) is 10.8 Å². The zero-order valence-corrected chi connectivity index (χ0v) is 12.0. The van der Waals surface area contributed by atoms with Crippen molar-refractivity contribution in [3.05, 3.63) is 71.0 Å². The van der Waals surface area contributed by atoms with Crippen LogP contribution in [0.1, 0.15) is 11.1 Å². The smallest absolute Gasteiger partial charge is 0.0637 e. The van der Waals surface area contributed by atoms with Gasteiger partial charge in [-0.05, 0) is 41.6 Å². The Morgan fingerprint density at radius 3 is 2.95 bits per heavy atom. The van der Waals surface area contributed by atoms with Gasteiger partial charge in [-0.25, -0.2) is 0 Å². The van der Waals surface area contributed by atoms with Crippen LogP contribution in [-0.4, -0.2) is 4.98 Å². The van der Waals surface area contributed by atoms with Crippen LogP contribution in [0, 0.1) is 6.92 Å². The number of rotatable bonds is 3. The van der Waals surface area contributed by atoms with E-state index in [1.807, 2.05) is 30.6 Å². The molecule has 1 aromatic heterocycles. The van der Waals surface area contributed by atoms with Gasteiger partial charge in [-0.1, -0.05) is 35.9 Å². The third-order valence-electron chi connectivity index (χ3n) is 3.36. The molecule has 100 valence electrons. The van der Waals surface area contributed by atoms with Crippen molar-refractivity contribution in [3.63, 3.8) is 0 Å². The maximum atomic E-state index is 6.21. The van der Waals surface area contributed by atoms with Crippen LogP contribution in [0.15, 0.2) is 54.9 Å². The average molecular weight is 283 g/mol. The Bertz CT molecular complexity index is 748. The van der Waals surface area contributed by atoms with E-state index in [0.29, 0.717) is 0 Å². The standard InChI is InChI=1S/C17H15ClN2/c1-12-5-6-16(18)17(9-12)20-11-14-4-2-3-13-10-19-8-7-15(13)14/h2-10,20H,11H2,1H3. The van der Waals surface area contributed by atoms with Gasteiger partial charge in [0, 0.05) is 24.3 Å². The minimum atomic E-state index is 0.741. The number of hydrogen-bond donors (Lipinski definition) is 1. The SMILES string of the molecule is Cc1ccc(Cl)c(NCc2cccc3cnccc23)c1. The second-order valence-electron chi connectivity index (χ2n) is 4.85. The van der Waals surface area contributed by atoms with E-state index in [4.69, 9.17) is 11.6 Å². The molecule has 0 saturated carbocycles. The molecular weight excluding hydrogens is 268 g/mol. The van der Waals surface area contributed by atoms with Gasteiger partial charge in [-0.15, -0.1) is 0 Å². The van der Waals surface area contributed by atoms with E-state index in [2.05, 4.69) is 41.5 Å². The zero-order chi connectivity index (χ0) is 13.9. The van der Waals surface area contributed by atoms with Crippen molar-refractivity contribution in [1.29, 1.82) is 0 Å². The van der Waals surface area contributed by atoms with Crippen LogP contribution < -0.4 is 5.32 Å². The van der Waals surface area contributed by atoms with Crippen molar-refractivity contribution in [2.75, 3.05) is 5.32 Å². The summed E-state index contributed by atoms with van der Waals surface area (Å²) in [6, 6.07) is 14.3. The van der Waals surface area contributed by atoms with E-state index in [1.165, 1.54) is 16.5 Å². The van der Waals surface area contributed by atoms with Crippen LogP contribution in [-0.2, 0) is 6.54 Å². The molecule has 0 radical (unpaired) electrons. The molecule has 0 fully saturated rings. The lowest BCUT2D eigenvalue weighted by atomic mass is 10.1. The highest BCUT2D eigenvalue weighted by atomic mass is 35.5.